The van der Waals surface area contributed by atoms with Gasteiger partial charge in [0, 0.05) is 31.9 Å². The van der Waals surface area contributed by atoms with Crippen LogP contribution >= 0.6 is 0 Å². The van der Waals surface area contributed by atoms with Crippen LogP contribution in [0.3, 0.4) is 0 Å². The van der Waals surface area contributed by atoms with E-state index in [1.165, 1.54) is 10.4 Å². The maximum atomic E-state index is 13.4. The van der Waals surface area contributed by atoms with Crippen molar-refractivity contribution in [3.8, 4) is 5.75 Å². The summed E-state index contributed by atoms with van der Waals surface area (Å²) in [4.78, 5) is 15.5. The van der Waals surface area contributed by atoms with Crippen LogP contribution in [0.25, 0.3) is 0 Å². The van der Waals surface area contributed by atoms with Crippen LogP contribution in [-0.4, -0.2) is 64.6 Å². The number of para-hydroxylation sites is 2. The van der Waals surface area contributed by atoms with Gasteiger partial charge in [0.1, 0.15) is 5.75 Å². The first kappa shape index (κ1) is 24.0. The van der Waals surface area contributed by atoms with Gasteiger partial charge in [-0.3, -0.25) is 4.79 Å². The van der Waals surface area contributed by atoms with Crippen molar-refractivity contribution in [2.45, 2.75) is 25.7 Å². The lowest BCUT2D eigenvalue weighted by molar-refractivity contribution is 0.102. The minimum Gasteiger partial charge on any atom is -0.492 e. The average molecular weight is 462 g/mol. The van der Waals surface area contributed by atoms with Crippen molar-refractivity contribution < 1.29 is 22.7 Å². The van der Waals surface area contributed by atoms with Gasteiger partial charge in [-0.25, -0.2) is 8.42 Å². The van der Waals surface area contributed by atoms with E-state index in [1.54, 1.807) is 38.1 Å². The quantitative estimate of drug-likeness (QED) is 0.617. The molecule has 0 aromatic heterocycles. The fraction of sp³-hybridized carbons (Fsp3) is 0.435. The Balaban J connectivity index is 2.03. The zero-order valence-corrected chi connectivity index (χ0v) is 19.7. The molecule has 9 heteroatoms. The topological polar surface area (TPSA) is 88.2 Å². The molecule has 1 N–H and O–H groups in total. The monoisotopic (exact) mass is 461 g/mol. The summed E-state index contributed by atoms with van der Waals surface area (Å²) in [6, 6.07) is 11.9. The molecule has 8 nitrogen and oxygen atoms in total. The van der Waals surface area contributed by atoms with E-state index in [9.17, 15) is 13.2 Å². The van der Waals surface area contributed by atoms with Crippen molar-refractivity contribution in [3.05, 3.63) is 48.0 Å². The minimum absolute atomic E-state index is 0.0986. The van der Waals surface area contributed by atoms with Gasteiger partial charge in [0.05, 0.1) is 36.0 Å². The minimum atomic E-state index is -3.71. The van der Waals surface area contributed by atoms with Gasteiger partial charge >= 0.3 is 0 Å². The summed E-state index contributed by atoms with van der Waals surface area (Å²) in [6.07, 6.45) is 0. The third kappa shape index (κ3) is 5.23. The highest BCUT2D eigenvalue weighted by Crippen LogP contribution is 2.29. The smallest absolute Gasteiger partial charge is 0.257 e. The zero-order valence-electron chi connectivity index (χ0n) is 18.8. The lowest BCUT2D eigenvalue weighted by atomic mass is 10.1. The molecule has 1 fully saturated rings. The molecule has 32 heavy (non-hydrogen) atoms. The zero-order chi connectivity index (χ0) is 23.1. The Morgan fingerprint density at radius 3 is 2.44 bits per heavy atom. The van der Waals surface area contributed by atoms with E-state index >= 15 is 0 Å². The van der Waals surface area contributed by atoms with Crippen LogP contribution in [-0.2, 0) is 14.8 Å². The number of carbonyl (C=O) groups excluding carboxylic acids is 1. The summed E-state index contributed by atoms with van der Waals surface area (Å²) >= 11 is 0. The fourth-order valence-electron chi connectivity index (χ4n) is 3.69. The van der Waals surface area contributed by atoms with Crippen LogP contribution in [0.1, 0.15) is 31.1 Å². The van der Waals surface area contributed by atoms with E-state index in [4.69, 9.17) is 9.47 Å². The largest absolute Gasteiger partial charge is 0.492 e. The molecular weight excluding hydrogens is 430 g/mol. The highest BCUT2D eigenvalue weighted by atomic mass is 32.2. The number of morpholine rings is 1. The molecule has 0 saturated carbocycles. The molecule has 0 atom stereocenters. The maximum absolute atomic E-state index is 13.4. The summed E-state index contributed by atoms with van der Waals surface area (Å²) in [5.74, 6) is 0.165. The van der Waals surface area contributed by atoms with E-state index in [1.807, 2.05) is 24.0 Å². The molecule has 1 amide bonds. The highest BCUT2D eigenvalue weighted by molar-refractivity contribution is 7.89. The van der Waals surface area contributed by atoms with Gasteiger partial charge in [-0.05, 0) is 37.3 Å². The Labute approximate surface area is 190 Å². The molecule has 1 aliphatic heterocycles. The first-order valence-corrected chi connectivity index (χ1v) is 12.4. The first-order chi connectivity index (χ1) is 15.4. The lowest BCUT2D eigenvalue weighted by Crippen LogP contribution is -2.37. The number of nitrogens with zero attached hydrogens (tertiary/aromatic N) is 2. The Morgan fingerprint density at radius 2 is 1.78 bits per heavy atom. The van der Waals surface area contributed by atoms with Crippen LogP contribution in [0.5, 0.6) is 5.75 Å². The average Bonchev–Trinajstić information content (AvgIpc) is 2.81. The molecule has 2 aromatic carbocycles. The molecular formula is C23H31N3O5S. The number of carbonyl (C=O) groups is 1. The van der Waals surface area contributed by atoms with Gasteiger partial charge in [0.15, 0.2) is 0 Å². The Kier molecular flexibility index (Phi) is 8.11. The van der Waals surface area contributed by atoms with Crippen LogP contribution < -0.4 is 15.0 Å². The van der Waals surface area contributed by atoms with E-state index < -0.39 is 15.9 Å². The van der Waals surface area contributed by atoms with Crippen molar-refractivity contribution in [1.29, 1.82) is 0 Å². The van der Waals surface area contributed by atoms with Crippen LogP contribution in [0.15, 0.2) is 47.4 Å². The molecule has 1 saturated heterocycles. The number of hydrogen-bond donors (Lipinski definition) is 1. The van der Waals surface area contributed by atoms with E-state index in [-0.39, 0.29) is 4.90 Å². The third-order valence-corrected chi connectivity index (χ3v) is 7.39. The molecule has 2 aromatic rings. The van der Waals surface area contributed by atoms with Crippen molar-refractivity contribution in [3.63, 3.8) is 0 Å². The predicted octanol–water partition coefficient (Wildman–Crippen LogP) is 3.20. The summed E-state index contributed by atoms with van der Waals surface area (Å²) in [6.45, 7) is 8.97. The van der Waals surface area contributed by atoms with Crippen molar-refractivity contribution in [2.24, 2.45) is 0 Å². The number of hydrogen-bond acceptors (Lipinski definition) is 6. The molecule has 1 aliphatic rings. The summed E-state index contributed by atoms with van der Waals surface area (Å²) < 4.78 is 38.6. The molecule has 0 spiro atoms. The van der Waals surface area contributed by atoms with E-state index in [0.717, 1.165) is 0 Å². The molecule has 0 bridgehead atoms. The Bertz CT molecular complexity index is 1030. The van der Waals surface area contributed by atoms with Gasteiger partial charge in [-0.1, -0.05) is 26.0 Å². The summed E-state index contributed by atoms with van der Waals surface area (Å²) in [5.41, 5.74) is 1.51. The van der Waals surface area contributed by atoms with E-state index in [0.29, 0.717) is 68.7 Å². The van der Waals surface area contributed by atoms with Crippen molar-refractivity contribution in [1.82, 2.24) is 4.31 Å². The second-order valence-electron chi connectivity index (χ2n) is 7.25. The molecule has 1 heterocycles. The maximum Gasteiger partial charge on any atom is 0.257 e. The number of benzene rings is 2. The summed E-state index contributed by atoms with van der Waals surface area (Å²) in [7, 11) is -3.71. The standard InChI is InChI=1S/C23H31N3O5S/c1-4-26(5-2)32(28,29)18-11-12-21(25-13-15-30-16-14-25)19(17-18)23(27)24-20-9-7-8-10-22(20)31-6-3/h7-12,17H,4-6,13-16H2,1-3H3,(H,24,27). The van der Waals surface area contributed by atoms with Crippen molar-refractivity contribution >= 4 is 27.3 Å². The van der Waals surface area contributed by atoms with Crippen molar-refractivity contribution in [2.75, 3.05) is 56.2 Å². The lowest BCUT2D eigenvalue weighted by Gasteiger charge is -2.31. The molecule has 0 unspecified atom stereocenters. The molecule has 174 valence electrons. The van der Waals surface area contributed by atoms with Crippen LogP contribution in [0, 0.1) is 0 Å². The second kappa shape index (κ2) is 10.8. The van der Waals surface area contributed by atoms with Crippen LogP contribution in [0.4, 0.5) is 11.4 Å². The predicted molar refractivity (Wildman–Crippen MR) is 125 cm³/mol. The number of nitrogens with one attached hydrogen (secondary N) is 1. The third-order valence-electron chi connectivity index (χ3n) is 5.34. The van der Waals surface area contributed by atoms with Gasteiger partial charge < -0.3 is 19.7 Å². The summed E-state index contributed by atoms with van der Waals surface area (Å²) in [5, 5.41) is 2.90. The second-order valence-corrected chi connectivity index (χ2v) is 9.19. The number of ether oxygens (including phenoxy) is 2. The number of sulfonamides is 1. The SMILES string of the molecule is CCOc1ccccc1NC(=O)c1cc(S(=O)(=O)N(CC)CC)ccc1N1CCOCC1. The Morgan fingerprint density at radius 1 is 1.09 bits per heavy atom. The Hall–Kier alpha value is -2.62. The fourth-order valence-corrected chi connectivity index (χ4v) is 5.18. The molecule has 3 rings (SSSR count). The highest BCUT2D eigenvalue weighted by Gasteiger charge is 2.26. The number of anilines is 2. The van der Waals surface area contributed by atoms with E-state index in [2.05, 4.69) is 5.32 Å². The van der Waals surface area contributed by atoms with Crippen LogP contribution in [0.2, 0.25) is 0 Å². The molecule has 0 radical (unpaired) electrons. The first-order valence-electron chi connectivity index (χ1n) is 10.9. The molecule has 0 aliphatic carbocycles. The van der Waals surface area contributed by atoms with Gasteiger partial charge in [0.2, 0.25) is 10.0 Å². The van der Waals surface area contributed by atoms with Gasteiger partial charge in [-0.2, -0.15) is 4.31 Å². The number of amides is 1. The number of rotatable bonds is 9. The normalized spacial score (nSPS) is 14.4. The van der Waals surface area contributed by atoms with Gasteiger partial charge in [0.25, 0.3) is 5.91 Å². The van der Waals surface area contributed by atoms with Gasteiger partial charge in [-0.15, -0.1) is 0 Å².